The summed E-state index contributed by atoms with van der Waals surface area (Å²) in [6, 6.07) is 11.9. The van der Waals surface area contributed by atoms with Crippen LogP contribution in [0.2, 0.25) is 5.02 Å². The lowest BCUT2D eigenvalue weighted by Crippen LogP contribution is -2.43. The summed E-state index contributed by atoms with van der Waals surface area (Å²) < 4.78 is 21.4. The van der Waals surface area contributed by atoms with Crippen molar-refractivity contribution < 1.29 is 18.5 Å². The molecule has 0 saturated heterocycles. The van der Waals surface area contributed by atoms with Crippen molar-refractivity contribution in [3.63, 3.8) is 0 Å². The fourth-order valence-corrected chi connectivity index (χ4v) is 7.89. The van der Waals surface area contributed by atoms with Crippen LogP contribution in [0.25, 0.3) is 0 Å². The van der Waals surface area contributed by atoms with Crippen LogP contribution in [0.15, 0.2) is 36.4 Å². The number of rotatable bonds is 15. The molecule has 0 amide bonds. The van der Waals surface area contributed by atoms with E-state index in [2.05, 4.69) is 35.6 Å². The highest BCUT2D eigenvalue weighted by Gasteiger charge is 2.39. The van der Waals surface area contributed by atoms with Crippen LogP contribution in [0.5, 0.6) is 5.75 Å². The number of fused-ring (bicyclic) bond motifs is 1. The first-order chi connectivity index (χ1) is 20.3. The summed E-state index contributed by atoms with van der Waals surface area (Å²) in [7, 11) is 0.697. The molecule has 0 aromatic heterocycles. The quantitative estimate of drug-likeness (QED) is 0.219. The number of aldehydes is 2. The van der Waals surface area contributed by atoms with Crippen molar-refractivity contribution in [2.75, 3.05) is 31.6 Å². The van der Waals surface area contributed by atoms with Crippen molar-refractivity contribution in [3.8, 4) is 5.75 Å². The van der Waals surface area contributed by atoms with Gasteiger partial charge in [0.15, 0.2) is 0 Å². The van der Waals surface area contributed by atoms with E-state index in [1.165, 1.54) is 17.4 Å². The van der Waals surface area contributed by atoms with Gasteiger partial charge in [0.05, 0.1) is 23.3 Å². The summed E-state index contributed by atoms with van der Waals surface area (Å²) in [5.74, 6) is 2.08. The molecule has 1 aliphatic heterocycles. The molecule has 2 aromatic carbocycles. The third-order valence-corrected chi connectivity index (χ3v) is 11.4. The molecule has 1 saturated carbocycles. The number of carbonyl (C=O) groups is 2. The van der Waals surface area contributed by atoms with Gasteiger partial charge in [-0.3, -0.25) is 4.79 Å². The number of ether oxygens (including phenoxy) is 1. The number of carbonyl (C=O) groups excluding carboxylic acids is 2. The van der Waals surface area contributed by atoms with Crippen molar-refractivity contribution in [2.24, 2.45) is 23.7 Å². The molecule has 1 N–H and O–H groups in total. The molecule has 0 spiro atoms. The second-order valence-corrected chi connectivity index (χ2v) is 14.5. The Balaban J connectivity index is 1.50. The fourth-order valence-electron chi connectivity index (χ4n) is 6.76. The zero-order valence-corrected chi connectivity index (χ0v) is 27.1. The third kappa shape index (κ3) is 7.83. The third-order valence-electron chi connectivity index (χ3n) is 9.60. The molecule has 2 aliphatic rings. The fraction of sp³-hybridized carbons (Fsp3) is 0.588. The number of hydrogen-bond acceptors (Lipinski definition) is 5. The largest absolute Gasteiger partial charge is 0.491 e. The Morgan fingerprint density at radius 2 is 1.95 bits per heavy atom. The number of hydrogen-bond donors (Lipinski definition) is 1. The van der Waals surface area contributed by atoms with Gasteiger partial charge in [-0.2, -0.15) is 0 Å². The molecule has 4 rings (SSSR count). The van der Waals surface area contributed by atoms with E-state index in [-0.39, 0.29) is 17.1 Å². The summed E-state index contributed by atoms with van der Waals surface area (Å²) in [5, 5.41) is 0.831. The molecule has 7 atom stereocenters. The number of nitrogens with one attached hydrogen (secondary N) is 1. The van der Waals surface area contributed by atoms with Crippen LogP contribution in [0.1, 0.15) is 86.7 Å². The summed E-state index contributed by atoms with van der Waals surface area (Å²) >= 11 is 6.38. The van der Waals surface area contributed by atoms with Crippen molar-refractivity contribution in [3.05, 3.63) is 58.1 Å². The first kappa shape index (κ1) is 32.7. The topological polar surface area (TPSA) is 75.7 Å². The van der Waals surface area contributed by atoms with Gasteiger partial charge in [0.1, 0.15) is 18.3 Å². The van der Waals surface area contributed by atoms with Crippen molar-refractivity contribution >= 4 is 40.8 Å². The van der Waals surface area contributed by atoms with Gasteiger partial charge in [0, 0.05) is 40.8 Å². The maximum Gasteiger partial charge on any atom is 0.150 e. The molecule has 1 heterocycles. The molecule has 6 nitrogen and oxygen atoms in total. The molecule has 0 radical (unpaired) electrons. The van der Waals surface area contributed by atoms with Crippen LogP contribution in [0.3, 0.4) is 0 Å². The lowest BCUT2D eigenvalue weighted by atomic mass is 9.66. The van der Waals surface area contributed by atoms with Gasteiger partial charge in [0.2, 0.25) is 0 Å². The van der Waals surface area contributed by atoms with Crippen LogP contribution in [0, 0.1) is 23.7 Å². The average Bonchev–Trinajstić information content (AvgIpc) is 3.16. The predicted octanol–water partition coefficient (Wildman–Crippen LogP) is 7.01. The van der Waals surface area contributed by atoms with Crippen molar-refractivity contribution in [2.45, 2.75) is 76.9 Å². The summed E-state index contributed by atoms with van der Waals surface area (Å²) in [4.78, 5) is 26.4. The Morgan fingerprint density at radius 1 is 1.14 bits per heavy atom. The normalized spacial score (nSPS) is 23.0. The smallest absolute Gasteiger partial charge is 0.150 e. The van der Waals surface area contributed by atoms with E-state index >= 15 is 0 Å². The zero-order chi connectivity index (χ0) is 30.2. The second-order valence-electron chi connectivity index (χ2n) is 12.3. The van der Waals surface area contributed by atoms with Gasteiger partial charge in [-0.1, -0.05) is 44.4 Å². The van der Waals surface area contributed by atoms with Crippen molar-refractivity contribution in [1.29, 1.82) is 0 Å². The van der Waals surface area contributed by atoms with E-state index < -0.39 is 11.0 Å². The minimum Gasteiger partial charge on any atom is -0.491 e. The van der Waals surface area contributed by atoms with Gasteiger partial charge < -0.3 is 14.4 Å². The summed E-state index contributed by atoms with van der Waals surface area (Å²) in [5.41, 5.74) is 4.13. The summed E-state index contributed by atoms with van der Waals surface area (Å²) in [6.07, 6.45) is 9.02. The maximum absolute atomic E-state index is 12.3. The van der Waals surface area contributed by atoms with E-state index in [1.54, 1.807) is 7.05 Å². The lowest BCUT2D eigenvalue weighted by Gasteiger charge is -2.43. The van der Waals surface area contributed by atoms with Crippen molar-refractivity contribution in [1.82, 2.24) is 4.72 Å². The van der Waals surface area contributed by atoms with E-state index in [0.29, 0.717) is 29.9 Å². The lowest BCUT2D eigenvalue weighted by molar-refractivity contribution is -0.115. The minimum absolute atomic E-state index is 0.0354. The Morgan fingerprint density at radius 3 is 2.62 bits per heavy atom. The van der Waals surface area contributed by atoms with E-state index in [0.717, 1.165) is 80.8 Å². The van der Waals surface area contributed by atoms with E-state index in [4.69, 9.17) is 16.3 Å². The number of halogens is 1. The van der Waals surface area contributed by atoms with E-state index in [1.807, 2.05) is 31.2 Å². The molecular formula is C34H47ClN2O4S. The monoisotopic (exact) mass is 614 g/mol. The molecule has 7 unspecified atom stereocenters. The van der Waals surface area contributed by atoms with Gasteiger partial charge in [-0.05, 0) is 105 Å². The van der Waals surface area contributed by atoms with Crippen LogP contribution < -0.4 is 14.4 Å². The van der Waals surface area contributed by atoms with E-state index in [9.17, 15) is 13.8 Å². The molecule has 42 heavy (non-hydrogen) atoms. The highest BCUT2D eigenvalue weighted by molar-refractivity contribution is 7.83. The predicted molar refractivity (Wildman–Crippen MR) is 173 cm³/mol. The van der Waals surface area contributed by atoms with Crippen LogP contribution in [0.4, 0.5) is 5.69 Å². The molecule has 230 valence electrons. The first-order valence-corrected chi connectivity index (χ1v) is 17.2. The van der Waals surface area contributed by atoms with Gasteiger partial charge in [-0.25, -0.2) is 8.93 Å². The Labute approximate surface area is 259 Å². The Hall–Kier alpha value is -2.22. The molecule has 1 fully saturated rings. The second kappa shape index (κ2) is 15.5. The van der Waals surface area contributed by atoms with Gasteiger partial charge in [-0.15, -0.1) is 0 Å². The highest BCUT2D eigenvalue weighted by Crippen LogP contribution is 2.44. The number of benzene rings is 2. The molecule has 1 aliphatic carbocycles. The van der Waals surface area contributed by atoms with Crippen LogP contribution in [-0.4, -0.2) is 48.8 Å². The number of anilines is 1. The number of nitrogens with zero attached hydrogens (tertiary/aromatic N) is 1. The molecule has 0 bridgehead atoms. The number of aryl methyl sites for hydroxylation is 1. The molecule has 8 heteroatoms. The Kier molecular flexibility index (Phi) is 12.1. The summed E-state index contributed by atoms with van der Waals surface area (Å²) in [6.45, 7) is 8.52. The van der Waals surface area contributed by atoms with Gasteiger partial charge >= 0.3 is 0 Å². The molecular weight excluding hydrogens is 568 g/mol. The van der Waals surface area contributed by atoms with Gasteiger partial charge in [0.25, 0.3) is 0 Å². The zero-order valence-electron chi connectivity index (χ0n) is 25.5. The average molecular weight is 615 g/mol. The minimum atomic E-state index is -1.03. The SMILES string of the molecule is CCCc1cc(Cl)ccc1C1COc2ccc(C=O)cc2N(CC2CCC2C(C=O)CCCC(C)C(C)S(=O)NC)C1. The first-order valence-electron chi connectivity index (χ1n) is 15.6. The Bertz CT molecular complexity index is 1240. The van der Waals surface area contributed by atoms with Crippen LogP contribution >= 0.6 is 11.6 Å². The standard InChI is InChI=1S/C34H47ClN2O4S/c1-5-7-26-17-30(35)12-14-31(26)29-19-37(33-16-25(20-38)10-15-34(33)41-22-29)18-27-11-13-32(27)28(21-39)9-6-8-23(2)24(3)42(40)36-4/h10,12,14-17,20-21,23-24,27-29,32,36H,5-9,11,13,18-19,22H2,1-4H3. The van der Waals surface area contributed by atoms with Crippen LogP contribution in [-0.2, 0) is 22.2 Å². The highest BCUT2D eigenvalue weighted by atomic mass is 35.5. The maximum atomic E-state index is 12.3. The molecule has 2 aromatic rings.